The number of benzene rings is 1. The van der Waals surface area contributed by atoms with E-state index >= 15 is 0 Å². The van der Waals surface area contributed by atoms with Crippen LogP contribution in [0.25, 0.3) is 11.0 Å². The summed E-state index contributed by atoms with van der Waals surface area (Å²) in [6.07, 6.45) is 1.69. The molecule has 2 rings (SSSR count). The van der Waals surface area contributed by atoms with Gasteiger partial charge in [0.2, 0.25) is 0 Å². The molecule has 80 valence electrons. The lowest BCUT2D eigenvalue weighted by molar-refractivity contribution is 0.481. The van der Waals surface area contributed by atoms with Crippen LogP contribution in [0.3, 0.4) is 0 Å². The maximum atomic E-state index is 6.09. The van der Waals surface area contributed by atoms with Crippen molar-refractivity contribution in [3.05, 3.63) is 30.1 Å². The number of fused-ring (bicyclic) bond motifs is 1. The molecule has 0 amide bonds. The van der Waals surface area contributed by atoms with E-state index in [1.807, 2.05) is 18.2 Å². The molecule has 2 unspecified atom stereocenters. The lowest BCUT2D eigenvalue weighted by Crippen LogP contribution is -2.25. The molecular weight excluding hydrogens is 188 g/mol. The zero-order chi connectivity index (χ0) is 10.8. The fourth-order valence-electron chi connectivity index (χ4n) is 1.64. The Kier molecular flexibility index (Phi) is 2.70. The van der Waals surface area contributed by atoms with Crippen molar-refractivity contribution in [2.75, 3.05) is 6.54 Å². The van der Waals surface area contributed by atoms with Crippen molar-refractivity contribution in [1.29, 1.82) is 0 Å². The third-order valence-corrected chi connectivity index (χ3v) is 2.81. The van der Waals surface area contributed by atoms with Gasteiger partial charge in [0.05, 0.1) is 17.4 Å². The van der Waals surface area contributed by atoms with Crippen molar-refractivity contribution >= 4 is 11.0 Å². The molecule has 4 heteroatoms. The first-order valence-electron chi connectivity index (χ1n) is 5.11. The molecule has 15 heavy (non-hydrogen) atoms. The molecule has 1 aromatic heterocycles. The van der Waals surface area contributed by atoms with E-state index < -0.39 is 0 Å². The van der Waals surface area contributed by atoms with Crippen LogP contribution in [0, 0.1) is 5.92 Å². The number of H-pyrrole nitrogens is 1. The lowest BCUT2D eigenvalue weighted by Gasteiger charge is -2.18. The Morgan fingerprint density at radius 3 is 3.00 bits per heavy atom. The minimum absolute atomic E-state index is 0.0114. The third-order valence-electron chi connectivity index (χ3n) is 2.81. The van der Waals surface area contributed by atoms with Crippen LogP contribution in [0.4, 0.5) is 0 Å². The van der Waals surface area contributed by atoms with Gasteiger partial charge < -0.3 is 16.5 Å². The smallest absolute Gasteiger partial charge is 0.0931 e. The molecule has 2 atom stereocenters. The summed E-state index contributed by atoms with van der Waals surface area (Å²) >= 11 is 0. The van der Waals surface area contributed by atoms with E-state index in [0.29, 0.717) is 6.54 Å². The van der Waals surface area contributed by atoms with E-state index in [1.54, 1.807) is 6.33 Å². The van der Waals surface area contributed by atoms with Gasteiger partial charge >= 0.3 is 0 Å². The van der Waals surface area contributed by atoms with Crippen LogP contribution in [0.5, 0.6) is 0 Å². The molecule has 0 aliphatic heterocycles. The first kappa shape index (κ1) is 10.1. The maximum absolute atomic E-state index is 6.09. The third kappa shape index (κ3) is 1.86. The molecule has 0 aliphatic rings. The second-order valence-electron chi connectivity index (χ2n) is 3.92. The summed E-state index contributed by atoms with van der Waals surface area (Å²) in [5, 5.41) is 0. The fraction of sp³-hybridized carbons (Fsp3) is 0.364. The number of nitrogens with one attached hydrogen (secondary N) is 1. The van der Waals surface area contributed by atoms with Gasteiger partial charge in [-0.3, -0.25) is 0 Å². The van der Waals surface area contributed by atoms with Crippen LogP contribution in [0.1, 0.15) is 18.5 Å². The van der Waals surface area contributed by atoms with Crippen LogP contribution >= 0.6 is 0 Å². The highest BCUT2D eigenvalue weighted by atomic mass is 14.9. The van der Waals surface area contributed by atoms with Crippen LogP contribution in [0.15, 0.2) is 24.5 Å². The van der Waals surface area contributed by atoms with Gasteiger partial charge in [0.15, 0.2) is 0 Å². The summed E-state index contributed by atoms with van der Waals surface area (Å²) in [5.41, 5.74) is 14.8. The number of aromatic nitrogens is 2. The molecule has 0 bridgehead atoms. The van der Waals surface area contributed by atoms with Crippen molar-refractivity contribution in [3.8, 4) is 0 Å². The summed E-state index contributed by atoms with van der Waals surface area (Å²) in [5.74, 6) is 0.283. The summed E-state index contributed by atoms with van der Waals surface area (Å²) in [4.78, 5) is 7.24. The number of imidazole rings is 1. The summed E-state index contributed by atoms with van der Waals surface area (Å²) in [7, 11) is 0. The molecule has 1 aromatic carbocycles. The van der Waals surface area contributed by atoms with E-state index in [0.717, 1.165) is 16.6 Å². The molecule has 0 saturated carbocycles. The van der Waals surface area contributed by atoms with Gasteiger partial charge in [-0.25, -0.2) is 4.98 Å². The average Bonchev–Trinajstić information content (AvgIpc) is 2.73. The fourth-order valence-corrected chi connectivity index (χ4v) is 1.64. The standard InChI is InChI=1S/C11H16N4/c1-7(5-12)11(13)8-2-3-9-10(4-8)15-6-14-9/h2-4,6-7,11H,5,12-13H2,1H3,(H,14,15). The Balaban J connectivity index is 2.35. The van der Waals surface area contributed by atoms with Crippen molar-refractivity contribution in [2.24, 2.45) is 17.4 Å². The minimum atomic E-state index is -0.0114. The topological polar surface area (TPSA) is 80.7 Å². The summed E-state index contributed by atoms with van der Waals surface area (Å²) in [6.45, 7) is 2.66. The summed E-state index contributed by atoms with van der Waals surface area (Å²) < 4.78 is 0. The van der Waals surface area contributed by atoms with Crippen LogP contribution in [-0.4, -0.2) is 16.5 Å². The molecule has 0 radical (unpaired) electrons. The van der Waals surface area contributed by atoms with Crippen molar-refractivity contribution in [1.82, 2.24) is 9.97 Å². The molecule has 0 fully saturated rings. The zero-order valence-electron chi connectivity index (χ0n) is 8.77. The van der Waals surface area contributed by atoms with Crippen molar-refractivity contribution in [3.63, 3.8) is 0 Å². The predicted octanol–water partition coefficient (Wildman–Crippen LogP) is 1.16. The van der Waals surface area contributed by atoms with Gasteiger partial charge in [-0.15, -0.1) is 0 Å². The maximum Gasteiger partial charge on any atom is 0.0931 e. The van der Waals surface area contributed by atoms with Gasteiger partial charge in [0.25, 0.3) is 0 Å². The van der Waals surface area contributed by atoms with Gasteiger partial charge in [0.1, 0.15) is 0 Å². The minimum Gasteiger partial charge on any atom is -0.345 e. The van der Waals surface area contributed by atoms with Gasteiger partial charge in [-0.1, -0.05) is 13.0 Å². The Morgan fingerprint density at radius 2 is 2.27 bits per heavy atom. The molecule has 0 aliphatic carbocycles. The largest absolute Gasteiger partial charge is 0.345 e. The number of hydrogen-bond acceptors (Lipinski definition) is 3. The number of hydrogen-bond donors (Lipinski definition) is 3. The highest BCUT2D eigenvalue weighted by Crippen LogP contribution is 2.21. The molecule has 4 nitrogen and oxygen atoms in total. The van der Waals surface area contributed by atoms with E-state index in [4.69, 9.17) is 11.5 Å². The van der Waals surface area contributed by atoms with Gasteiger partial charge in [0, 0.05) is 6.04 Å². The Labute approximate surface area is 88.7 Å². The Hall–Kier alpha value is -1.39. The monoisotopic (exact) mass is 204 g/mol. The van der Waals surface area contributed by atoms with Gasteiger partial charge in [-0.05, 0) is 30.2 Å². The molecule has 2 aromatic rings. The Bertz CT molecular complexity index is 449. The second kappa shape index (κ2) is 4.00. The van der Waals surface area contributed by atoms with Crippen LogP contribution in [0.2, 0.25) is 0 Å². The molecule has 0 saturated heterocycles. The SMILES string of the molecule is CC(CN)C(N)c1ccc2nc[nH]c2c1. The second-order valence-corrected chi connectivity index (χ2v) is 3.92. The molecule has 1 heterocycles. The van der Waals surface area contributed by atoms with Crippen molar-refractivity contribution < 1.29 is 0 Å². The van der Waals surface area contributed by atoms with E-state index in [1.165, 1.54) is 0 Å². The molecule has 5 N–H and O–H groups in total. The highest BCUT2D eigenvalue weighted by molar-refractivity contribution is 5.75. The number of aromatic amines is 1. The number of nitrogens with zero attached hydrogens (tertiary/aromatic N) is 1. The van der Waals surface area contributed by atoms with E-state index in [9.17, 15) is 0 Å². The van der Waals surface area contributed by atoms with Crippen LogP contribution < -0.4 is 11.5 Å². The predicted molar refractivity (Wildman–Crippen MR) is 61.2 cm³/mol. The van der Waals surface area contributed by atoms with Crippen molar-refractivity contribution in [2.45, 2.75) is 13.0 Å². The lowest BCUT2D eigenvalue weighted by atomic mass is 9.95. The summed E-state index contributed by atoms with van der Waals surface area (Å²) in [6, 6.07) is 6.02. The van der Waals surface area contributed by atoms with E-state index in [2.05, 4.69) is 16.9 Å². The van der Waals surface area contributed by atoms with Crippen LogP contribution in [-0.2, 0) is 0 Å². The number of nitrogens with two attached hydrogens (primary N) is 2. The first-order chi connectivity index (χ1) is 7.22. The van der Waals surface area contributed by atoms with Gasteiger partial charge in [-0.2, -0.15) is 0 Å². The Morgan fingerprint density at radius 1 is 1.47 bits per heavy atom. The first-order valence-corrected chi connectivity index (χ1v) is 5.11. The highest BCUT2D eigenvalue weighted by Gasteiger charge is 2.13. The normalized spacial score (nSPS) is 15.4. The number of rotatable bonds is 3. The zero-order valence-corrected chi connectivity index (χ0v) is 8.77. The average molecular weight is 204 g/mol. The molecular formula is C11H16N4. The molecule has 0 spiro atoms. The van der Waals surface area contributed by atoms with E-state index in [-0.39, 0.29) is 12.0 Å². The quantitative estimate of drug-likeness (QED) is 0.701.